The second kappa shape index (κ2) is 7.68. The standard InChI is InChI=1S/C13H18O5/c1-2-17-13(16)12(15)9-10-3-5-11(6-4-10)18-8-7-14/h3-6,12,14-15H,2,7-9H2,1H3/t12-/m0/s1. The van der Waals surface area contributed by atoms with Crippen molar-refractivity contribution in [1.82, 2.24) is 0 Å². The zero-order chi connectivity index (χ0) is 13.4. The topological polar surface area (TPSA) is 76.0 Å². The lowest BCUT2D eigenvalue weighted by atomic mass is 10.1. The van der Waals surface area contributed by atoms with Crippen LogP contribution in [-0.2, 0) is 16.0 Å². The molecule has 1 aromatic carbocycles. The van der Waals surface area contributed by atoms with Gasteiger partial charge in [-0.05, 0) is 24.6 Å². The van der Waals surface area contributed by atoms with E-state index in [2.05, 4.69) is 0 Å². The minimum absolute atomic E-state index is 0.0384. The van der Waals surface area contributed by atoms with E-state index < -0.39 is 12.1 Å². The summed E-state index contributed by atoms with van der Waals surface area (Å²) >= 11 is 0. The molecule has 1 atom stereocenters. The van der Waals surface area contributed by atoms with Gasteiger partial charge in [-0.15, -0.1) is 0 Å². The van der Waals surface area contributed by atoms with Crippen molar-refractivity contribution in [2.45, 2.75) is 19.4 Å². The van der Waals surface area contributed by atoms with Crippen molar-refractivity contribution >= 4 is 5.97 Å². The number of ether oxygens (including phenoxy) is 2. The number of rotatable bonds is 7. The second-order valence-electron chi connectivity index (χ2n) is 3.69. The fraction of sp³-hybridized carbons (Fsp3) is 0.462. The highest BCUT2D eigenvalue weighted by Crippen LogP contribution is 2.13. The summed E-state index contributed by atoms with van der Waals surface area (Å²) in [6.07, 6.45) is -0.937. The summed E-state index contributed by atoms with van der Waals surface area (Å²) < 4.78 is 9.91. The van der Waals surface area contributed by atoms with Crippen molar-refractivity contribution in [2.75, 3.05) is 19.8 Å². The molecule has 0 saturated carbocycles. The van der Waals surface area contributed by atoms with E-state index in [1.54, 1.807) is 31.2 Å². The lowest BCUT2D eigenvalue weighted by molar-refractivity contribution is -0.152. The molecule has 0 bridgehead atoms. The molecule has 5 heteroatoms. The molecule has 5 nitrogen and oxygen atoms in total. The molecule has 0 unspecified atom stereocenters. The third kappa shape index (κ3) is 4.73. The van der Waals surface area contributed by atoms with Gasteiger partial charge in [-0.3, -0.25) is 0 Å². The summed E-state index contributed by atoms with van der Waals surface area (Å²) in [6, 6.07) is 6.97. The molecule has 0 aliphatic carbocycles. The summed E-state index contributed by atoms with van der Waals surface area (Å²) in [7, 11) is 0. The van der Waals surface area contributed by atoms with Crippen LogP contribution in [0.2, 0.25) is 0 Å². The number of aliphatic hydroxyl groups excluding tert-OH is 2. The Bertz CT molecular complexity index is 360. The summed E-state index contributed by atoms with van der Waals surface area (Å²) in [4.78, 5) is 11.2. The Labute approximate surface area is 106 Å². The van der Waals surface area contributed by atoms with Gasteiger partial charge in [0.25, 0.3) is 0 Å². The van der Waals surface area contributed by atoms with E-state index in [-0.39, 0.29) is 26.2 Å². The van der Waals surface area contributed by atoms with E-state index in [4.69, 9.17) is 14.6 Å². The maximum atomic E-state index is 11.2. The molecular weight excluding hydrogens is 236 g/mol. The quantitative estimate of drug-likeness (QED) is 0.694. The van der Waals surface area contributed by atoms with E-state index in [0.717, 1.165) is 5.56 Å². The highest BCUT2D eigenvalue weighted by molar-refractivity contribution is 5.74. The second-order valence-corrected chi connectivity index (χ2v) is 3.69. The van der Waals surface area contributed by atoms with E-state index in [1.807, 2.05) is 0 Å². The Morgan fingerprint density at radius 1 is 1.33 bits per heavy atom. The highest BCUT2D eigenvalue weighted by Gasteiger charge is 2.16. The van der Waals surface area contributed by atoms with E-state index >= 15 is 0 Å². The number of aliphatic hydroxyl groups is 2. The molecule has 0 fully saturated rings. The van der Waals surface area contributed by atoms with Crippen molar-refractivity contribution in [3.8, 4) is 5.75 Å². The molecule has 0 aromatic heterocycles. The van der Waals surface area contributed by atoms with Crippen LogP contribution in [0, 0.1) is 0 Å². The van der Waals surface area contributed by atoms with Crippen LogP contribution in [0.3, 0.4) is 0 Å². The van der Waals surface area contributed by atoms with Gasteiger partial charge in [0.2, 0.25) is 0 Å². The highest BCUT2D eigenvalue weighted by atomic mass is 16.5. The number of benzene rings is 1. The first-order valence-corrected chi connectivity index (χ1v) is 5.84. The minimum Gasteiger partial charge on any atom is -0.491 e. The molecule has 2 N–H and O–H groups in total. The molecule has 0 saturated heterocycles. The molecule has 0 aliphatic heterocycles. The van der Waals surface area contributed by atoms with Gasteiger partial charge in [0.1, 0.15) is 12.4 Å². The number of hydrogen-bond donors (Lipinski definition) is 2. The van der Waals surface area contributed by atoms with Crippen molar-refractivity contribution < 1.29 is 24.5 Å². The Hall–Kier alpha value is -1.59. The zero-order valence-electron chi connectivity index (χ0n) is 10.3. The summed E-state index contributed by atoms with van der Waals surface area (Å²) in [5, 5.41) is 18.2. The summed E-state index contributed by atoms with van der Waals surface area (Å²) in [5.74, 6) is 0.0246. The van der Waals surface area contributed by atoms with E-state index in [0.29, 0.717) is 5.75 Å². The number of carbonyl (C=O) groups is 1. The van der Waals surface area contributed by atoms with Crippen molar-refractivity contribution in [2.24, 2.45) is 0 Å². The predicted octanol–water partition coefficient (Wildman–Crippen LogP) is 0.524. The van der Waals surface area contributed by atoms with Crippen molar-refractivity contribution in [3.63, 3.8) is 0 Å². The Balaban J connectivity index is 2.50. The molecule has 100 valence electrons. The molecule has 18 heavy (non-hydrogen) atoms. The third-order valence-corrected chi connectivity index (χ3v) is 2.27. The van der Waals surface area contributed by atoms with Crippen LogP contribution in [0.15, 0.2) is 24.3 Å². The lowest BCUT2D eigenvalue weighted by Gasteiger charge is -2.10. The Kier molecular flexibility index (Phi) is 6.18. The third-order valence-electron chi connectivity index (χ3n) is 2.27. The fourth-order valence-corrected chi connectivity index (χ4v) is 1.43. The molecule has 1 aromatic rings. The average molecular weight is 254 g/mol. The van der Waals surface area contributed by atoms with Gasteiger partial charge in [-0.1, -0.05) is 12.1 Å². The van der Waals surface area contributed by atoms with Crippen LogP contribution in [0.1, 0.15) is 12.5 Å². The van der Waals surface area contributed by atoms with Crippen molar-refractivity contribution in [3.05, 3.63) is 29.8 Å². The van der Waals surface area contributed by atoms with Crippen LogP contribution in [-0.4, -0.2) is 42.1 Å². The molecular formula is C13H18O5. The molecule has 0 heterocycles. The Morgan fingerprint density at radius 3 is 2.56 bits per heavy atom. The normalized spacial score (nSPS) is 11.9. The monoisotopic (exact) mass is 254 g/mol. The number of hydrogen-bond acceptors (Lipinski definition) is 5. The van der Waals surface area contributed by atoms with Crippen LogP contribution in [0.4, 0.5) is 0 Å². The maximum Gasteiger partial charge on any atom is 0.335 e. The summed E-state index contributed by atoms with van der Waals surface area (Å²) in [5.41, 5.74) is 0.812. The Morgan fingerprint density at radius 2 is 2.00 bits per heavy atom. The molecule has 0 radical (unpaired) electrons. The van der Waals surface area contributed by atoms with E-state index in [1.165, 1.54) is 0 Å². The smallest absolute Gasteiger partial charge is 0.335 e. The minimum atomic E-state index is -1.14. The van der Waals surface area contributed by atoms with Gasteiger partial charge < -0.3 is 19.7 Å². The zero-order valence-corrected chi connectivity index (χ0v) is 10.3. The van der Waals surface area contributed by atoms with Gasteiger partial charge in [0.05, 0.1) is 13.2 Å². The first-order valence-electron chi connectivity index (χ1n) is 5.84. The predicted molar refractivity (Wildman–Crippen MR) is 65.4 cm³/mol. The van der Waals surface area contributed by atoms with Crippen LogP contribution in [0.5, 0.6) is 5.75 Å². The SMILES string of the molecule is CCOC(=O)[C@@H](O)Cc1ccc(OCCO)cc1. The number of esters is 1. The first-order chi connectivity index (χ1) is 8.67. The van der Waals surface area contributed by atoms with Gasteiger partial charge in [-0.25, -0.2) is 4.79 Å². The van der Waals surface area contributed by atoms with E-state index in [9.17, 15) is 9.90 Å². The maximum absolute atomic E-state index is 11.2. The van der Waals surface area contributed by atoms with Crippen LogP contribution in [0.25, 0.3) is 0 Å². The molecule has 0 spiro atoms. The average Bonchev–Trinajstić information content (AvgIpc) is 2.38. The van der Waals surface area contributed by atoms with Gasteiger partial charge in [0.15, 0.2) is 6.10 Å². The van der Waals surface area contributed by atoms with Gasteiger partial charge >= 0.3 is 5.97 Å². The van der Waals surface area contributed by atoms with Gasteiger partial charge in [0, 0.05) is 6.42 Å². The molecule has 0 aliphatic rings. The van der Waals surface area contributed by atoms with Crippen molar-refractivity contribution in [1.29, 1.82) is 0 Å². The molecule has 1 rings (SSSR count). The van der Waals surface area contributed by atoms with Crippen LogP contribution >= 0.6 is 0 Å². The fourth-order valence-electron chi connectivity index (χ4n) is 1.43. The number of carbonyl (C=O) groups excluding carboxylic acids is 1. The largest absolute Gasteiger partial charge is 0.491 e. The first kappa shape index (κ1) is 14.5. The lowest BCUT2D eigenvalue weighted by Crippen LogP contribution is -2.25. The molecule has 0 amide bonds. The summed E-state index contributed by atoms with van der Waals surface area (Å²) in [6.45, 7) is 2.15. The van der Waals surface area contributed by atoms with Gasteiger partial charge in [-0.2, -0.15) is 0 Å². The van der Waals surface area contributed by atoms with Crippen LogP contribution < -0.4 is 4.74 Å².